The fraction of sp³-hybridized carbons (Fsp3) is 0.440. The van der Waals surface area contributed by atoms with Crippen molar-refractivity contribution in [2.24, 2.45) is 5.92 Å². The quantitative estimate of drug-likeness (QED) is 0.598. The van der Waals surface area contributed by atoms with E-state index in [1.54, 1.807) is 14.2 Å². The molecular weight excluding hydrogens is 426 g/mol. The Morgan fingerprint density at radius 1 is 1.09 bits per heavy atom. The smallest absolute Gasteiger partial charge is 0.408 e. The van der Waals surface area contributed by atoms with Crippen LogP contribution in [0.25, 0.3) is 0 Å². The van der Waals surface area contributed by atoms with Crippen molar-refractivity contribution in [3.05, 3.63) is 53.6 Å². The normalized spacial score (nSPS) is 18.7. The molecule has 1 aliphatic rings. The van der Waals surface area contributed by atoms with Crippen LogP contribution in [-0.4, -0.2) is 45.5 Å². The molecule has 0 aliphatic carbocycles. The summed E-state index contributed by atoms with van der Waals surface area (Å²) in [5.41, 5.74) is 1.66. The fourth-order valence-corrected chi connectivity index (χ4v) is 3.79. The largest absolute Gasteiger partial charge is 0.497 e. The maximum atomic E-state index is 12.9. The van der Waals surface area contributed by atoms with E-state index < -0.39 is 30.3 Å². The van der Waals surface area contributed by atoms with E-state index in [0.29, 0.717) is 30.1 Å². The molecule has 178 valence electrons. The molecule has 0 aromatic heterocycles. The summed E-state index contributed by atoms with van der Waals surface area (Å²) < 4.78 is 27.6. The zero-order valence-electron chi connectivity index (χ0n) is 19.6. The molecule has 2 aromatic rings. The van der Waals surface area contributed by atoms with Crippen LogP contribution in [0.3, 0.4) is 0 Å². The molecule has 3 rings (SSSR count). The first kappa shape index (κ1) is 24.2. The second-order valence-electron chi connectivity index (χ2n) is 7.97. The Morgan fingerprint density at radius 3 is 2.48 bits per heavy atom. The van der Waals surface area contributed by atoms with Crippen molar-refractivity contribution in [2.75, 3.05) is 21.3 Å². The van der Waals surface area contributed by atoms with Gasteiger partial charge in [0, 0.05) is 12.0 Å². The molecule has 0 radical (unpaired) electrons. The summed E-state index contributed by atoms with van der Waals surface area (Å²) >= 11 is 0. The number of nitrogens with one attached hydrogen (secondary N) is 1. The monoisotopic (exact) mass is 457 g/mol. The van der Waals surface area contributed by atoms with Crippen LogP contribution in [0.15, 0.2) is 42.5 Å². The van der Waals surface area contributed by atoms with Crippen molar-refractivity contribution in [3.8, 4) is 17.2 Å². The van der Waals surface area contributed by atoms with E-state index in [1.807, 2.05) is 56.3 Å². The number of carbonyl (C=O) groups is 2. The lowest BCUT2D eigenvalue weighted by atomic mass is 9.94. The highest BCUT2D eigenvalue weighted by Gasteiger charge is 2.36. The van der Waals surface area contributed by atoms with E-state index in [-0.39, 0.29) is 5.92 Å². The number of benzene rings is 2. The molecule has 0 unspecified atom stereocenters. The third-order valence-electron chi connectivity index (χ3n) is 5.90. The molecule has 1 heterocycles. The number of amides is 1. The van der Waals surface area contributed by atoms with Crippen molar-refractivity contribution < 1.29 is 33.3 Å². The molecule has 8 nitrogen and oxygen atoms in total. The van der Waals surface area contributed by atoms with Gasteiger partial charge < -0.3 is 29.0 Å². The van der Waals surface area contributed by atoms with Gasteiger partial charge >= 0.3 is 12.1 Å². The second-order valence-corrected chi connectivity index (χ2v) is 7.97. The van der Waals surface area contributed by atoms with E-state index in [1.165, 1.54) is 7.11 Å². The summed E-state index contributed by atoms with van der Waals surface area (Å²) in [4.78, 5) is 25.0. The standard InChI is InChI=1S/C25H31NO7/c1-6-15(2)22(24(27)31-5)26-25(28)33-21-14-17-13-19(30-4)10-11-20(17)32-23(21)16-8-7-9-18(12-16)29-3/h7-13,15,21-23H,6,14H2,1-5H3,(H,26,28)/t15-,21+,22+,23-/m0/s1. The fourth-order valence-electron chi connectivity index (χ4n) is 3.79. The Labute approximate surface area is 194 Å². The number of esters is 1. The minimum absolute atomic E-state index is 0.119. The summed E-state index contributed by atoms with van der Waals surface area (Å²) in [7, 11) is 4.47. The average molecular weight is 458 g/mol. The molecule has 1 aliphatic heterocycles. The van der Waals surface area contributed by atoms with E-state index in [0.717, 1.165) is 11.1 Å². The van der Waals surface area contributed by atoms with Crippen LogP contribution in [0.2, 0.25) is 0 Å². The molecule has 33 heavy (non-hydrogen) atoms. The van der Waals surface area contributed by atoms with E-state index >= 15 is 0 Å². The van der Waals surface area contributed by atoms with Crippen molar-refractivity contribution >= 4 is 12.1 Å². The molecule has 4 atom stereocenters. The van der Waals surface area contributed by atoms with Crippen molar-refractivity contribution in [3.63, 3.8) is 0 Å². The Balaban J connectivity index is 1.87. The predicted molar refractivity (Wildman–Crippen MR) is 122 cm³/mol. The van der Waals surface area contributed by atoms with Gasteiger partial charge in [-0.25, -0.2) is 9.59 Å². The van der Waals surface area contributed by atoms with Gasteiger partial charge in [0.15, 0.2) is 6.10 Å². The van der Waals surface area contributed by atoms with Crippen molar-refractivity contribution in [2.45, 2.75) is 44.9 Å². The predicted octanol–water partition coefficient (Wildman–Crippen LogP) is 4.06. The summed E-state index contributed by atoms with van der Waals surface area (Å²) in [6.45, 7) is 3.80. The van der Waals surface area contributed by atoms with Crippen LogP contribution in [0.5, 0.6) is 17.2 Å². The number of ether oxygens (including phenoxy) is 5. The van der Waals surface area contributed by atoms with Crippen LogP contribution < -0.4 is 19.5 Å². The van der Waals surface area contributed by atoms with E-state index in [4.69, 9.17) is 23.7 Å². The van der Waals surface area contributed by atoms with Gasteiger partial charge in [-0.1, -0.05) is 32.4 Å². The van der Waals surface area contributed by atoms with Gasteiger partial charge in [-0.2, -0.15) is 0 Å². The van der Waals surface area contributed by atoms with Crippen LogP contribution >= 0.6 is 0 Å². The molecule has 0 spiro atoms. The number of alkyl carbamates (subject to hydrolysis) is 1. The number of fused-ring (bicyclic) bond motifs is 1. The first-order valence-corrected chi connectivity index (χ1v) is 10.9. The highest BCUT2D eigenvalue weighted by atomic mass is 16.6. The van der Waals surface area contributed by atoms with Crippen LogP contribution in [0.1, 0.15) is 37.5 Å². The Kier molecular flexibility index (Phi) is 8.03. The van der Waals surface area contributed by atoms with Crippen molar-refractivity contribution in [1.29, 1.82) is 0 Å². The SMILES string of the molecule is CC[C@H](C)[C@@H](NC(=O)O[C@@H]1Cc2cc(OC)ccc2O[C@H]1c1cccc(OC)c1)C(=O)OC. The third-order valence-corrected chi connectivity index (χ3v) is 5.90. The van der Waals surface area contributed by atoms with Crippen molar-refractivity contribution in [1.82, 2.24) is 5.32 Å². The third kappa shape index (κ3) is 5.69. The number of carbonyl (C=O) groups excluding carboxylic acids is 2. The zero-order chi connectivity index (χ0) is 24.0. The van der Waals surface area contributed by atoms with Gasteiger partial charge in [0.25, 0.3) is 0 Å². The number of hydrogen-bond donors (Lipinski definition) is 1. The molecule has 0 saturated carbocycles. The number of hydrogen-bond acceptors (Lipinski definition) is 7. The van der Waals surface area contributed by atoms with Gasteiger partial charge in [-0.3, -0.25) is 0 Å². The number of methoxy groups -OCH3 is 3. The molecule has 1 N–H and O–H groups in total. The maximum absolute atomic E-state index is 12.9. The first-order chi connectivity index (χ1) is 15.9. The molecule has 2 aromatic carbocycles. The van der Waals surface area contributed by atoms with Gasteiger partial charge in [-0.05, 0) is 41.8 Å². The lowest BCUT2D eigenvalue weighted by Gasteiger charge is -2.34. The molecular formula is C25H31NO7. The Hall–Kier alpha value is -3.42. The molecule has 8 heteroatoms. The topological polar surface area (TPSA) is 92.3 Å². The van der Waals surface area contributed by atoms with Crippen LogP contribution in [0.4, 0.5) is 4.79 Å². The Morgan fingerprint density at radius 2 is 1.82 bits per heavy atom. The molecule has 0 saturated heterocycles. The summed E-state index contributed by atoms with van der Waals surface area (Å²) in [5, 5.41) is 2.67. The average Bonchev–Trinajstić information content (AvgIpc) is 2.85. The summed E-state index contributed by atoms with van der Waals surface area (Å²) in [6, 6.07) is 12.2. The highest BCUT2D eigenvalue weighted by Crippen LogP contribution is 2.39. The summed E-state index contributed by atoms with van der Waals surface area (Å²) in [5.74, 6) is 1.41. The van der Waals surface area contributed by atoms with Crippen LogP contribution in [-0.2, 0) is 20.7 Å². The zero-order valence-corrected chi connectivity index (χ0v) is 19.6. The molecule has 0 bridgehead atoms. The van der Waals surface area contributed by atoms with Crippen LogP contribution in [0, 0.1) is 5.92 Å². The lowest BCUT2D eigenvalue weighted by Crippen LogP contribution is -2.48. The molecule has 0 fully saturated rings. The minimum atomic E-state index is -0.806. The van der Waals surface area contributed by atoms with Gasteiger partial charge in [0.05, 0.1) is 21.3 Å². The van der Waals surface area contributed by atoms with Gasteiger partial charge in [0.1, 0.15) is 29.4 Å². The van der Waals surface area contributed by atoms with Gasteiger partial charge in [0.2, 0.25) is 0 Å². The first-order valence-electron chi connectivity index (χ1n) is 10.9. The Bertz CT molecular complexity index is 977. The maximum Gasteiger partial charge on any atom is 0.408 e. The summed E-state index contributed by atoms with van der Waals surface area (Å²) in [6.07, 6.45) is -0.822. The highest BCUT2D eigenvalue weighted by molar-refractivity contribution is 5.81. The minimum Gasteiger partial charge on any atom is -0.497 e. The molecule has 1 amide bonds. The van der Waals surface area contributed by atoms with E-state index in [2.05, 4.69) is 5.32 Å². The number of rotatable bonds is 8. The second kappa shape index (κ2) is 10.9. The van der Waals surface area contributed by atoms with E-state index in [9.17, 15) is 9.59 Å². The lowest BCUT2D eigenvalue weighted by molar-refractivity contribution is -0.144. The van der Waals surface area contributed by atoms with Gasteiger partial charge in [-0.15, -0.1) is 0 Å².